The Morgan fingerprint density at radius 3 is 2.05 bits per heavy atom. The molecule has 0 aromatic rings. The lowest BCUT2D eigenvalue weighted by Crippen LogP contribution is -2.47. The lowest BCUT2D eigenvalue weighted by Gasteiger charge is -2.22. The molecule has 110 valence electrons. The number of nitrogens with one attached hydrogen (secondary N) is 2. The van der Waals surface area contributed by atoms with Crippen molar-refractivity contribution in [1.82, 2.24) is 10.6 Å². The highest BCUT2D eigenvalue weighted by atomic mass is 31.2. The van der Waals surface area contributed by atoms with Crippen LogP contribution >= 0.6 is 7.60 Å². The van der Waals surface area contributed by atoms with Crippen LogP contribution in [0.4, 0.5) is 4.79 Å². The molecule has 10 heteroatoms. The van der Waals surface area contributed by atoms with Crippen LogP contribution in [0.2, 0.25) is 0 Å². The van der Waals surface area contributed by atoms with Gasteiger partial charge in [-0.3, -0.25) is 9.36 Å². The van der Waals surface area contributed by atoms with Gasteiger partial charge in [-0.1, -0.05) is 0 Å². The molecule has 0 aliphatic heterocycles. The maximum Gasteiger partial charge on any atom is 0.363 e. The van der Waals surface area contributed by atoms with Crippen molar-refractivity contribution >= 4 is 25.4 Å². The molecule has 2 N–H and O–H groups in total. The van der Waals surface area contributed by atoms with Gasteiger partial charge < -0.3 is 24.4 Å². The molecule has 0 heterocycles. The first kappa shape index (κ1) is 17.6. The Hall–Kier alpha value is -1.44. The van der Waals surface area contributed by atoms with E-state index in [1.165, 1.54) is 6.92 Å². The van der Waals surface area contributed by atoms with Crippen molar-refractivity contribution in [2.24, 2.45) is 0 Å². The lowest BCUT2D eigenvalue weighted by atomic mass is 10.4. The Kier molecular flexibility index (Phi) is 7.28. The minimum atomic E-state index is -3.90. The number of rotatable bonds is 7. The van der Waals surface area contributed by atoms with Crippen molar-refractivity contribution < 1.29 is 32.7 Å². The fourth-order valence-electron chi connectivity index (χ4n) is 1.04. The Morgan fingerprint density at radius 2 is 1.68 bits per heavy atom. The minimum absolute atomic E-state index is 0.232. The normalized spacial score (nSPS) is 12.4. The summed E-state index contributed by atoms with van der Waals surface area (Å²) in [5, 5.41) is 4.25. The second kappa shape index (κ2) is 7.88. The molecule has 0 bridgehead atoms. The smallest absolute Gasteiger partial charge is 0.363 e. The molecule has 0 spiro atoms. The first-order valence-corrected chi connectivity index (χ1v) is 6.74. The zero-order valence-corrected chi connectivity index (χ0v) is 12.0. The molecule has 19 heavy (non-hydrogen) atoms. The summed E-state index contributed by atoms with van der Waals surface area (Å²) in [5.41, 5.74) is 0. The summed E-state index contributed by atoms with van der Waals surface area (Å²) < 4.78 is 25.7. The molecule has 0 radical (unpaired) electrons. The number of carbonyl (C=O) groups is 3. The largest absolute Gasteiger partial charge is 0.467 e. The third kappa shape index (κ3) is 5.37. The molecule has 9 nitrogen and oxygen atoms in total. The van der Waals surface area contributed by atoms with E-state index in [0.717, 1.165) is 21.3 Å². The van der Waals surface area contributed by atoms with Gasteiger partial charge in [0.25, 0.3) is 0 Å². The van der Waals surface area contributed by atoms with Crippen molar-refractivity contribution in [2.75, 3.05) is 27.9 Å². The molecule has 0 aromatic carbocycles. The highest BCUT2D eigenvalue weighted by Crippen LogP contribution is 2.50. The van der Waals surface area contributed by atoms with Crippen molar-refractivity contribution in [3.8, 4) is 0 Å². The lowest BCUT2D eigenvalue weighted by molar-refractivity contribution is -0.141. The van der Waals surface area contributed by atoms with Gasteiger partial charge in [-0.05, 0) is 6.92 Å². The van der Waals surface area contributed by atoms with Crippen LogP contribution in [0, 0.1) is 0 Å². The summed E-state index contributed by atoms with van der Waals surface area (Å²) in [4.78, 5) is 33.6. The predicted molar refractivity (Wildman–Crippen MR) is 64.6 cm³/mol. The van der Waals surface area contributed by atoms with Gasteiger partial charge in [-0.15, -0.1) is 0 Å². The number of ketones is 1. The van der Waals surface area contributed by atoms with E-state index in [1.807, 2.05) is 0 Å². The van der Waals surface area contributed by atoms with E-state index in [4.69, 9.17) is 0 Å². The van der Waals surface area contributed by atoms with E-state index in [1.54, 1.807) is 0 Å². The summed E-state index contributed by atoms with van der Waals surface area (Å²) in [6.07, 6.45) is 0. The number of esters is 1. The minimum Gasteiger partial charge on any atom is -0.467 e. The number of urea groups is 1. The van der Waals surface area contributed by atoms with Gasteiger partial charge in [0, 0.05) is 14.2 Å². The van der Waals surface area contributed by atoms with Crippen molar-refractivity contribution in [2.45, 2.75) is 12.7 Å². The van der Waals surface area contributed by atoms with Gasteiger partial charge in [-0.2, -0.15) is 0 Å². The van der Waals surface area contributed by atoms with Crippen LogP contribution in [0.3, 0.4) is 0 Å². The predicted octanol–water partition coefficient (Wildman–Crippen LogP) is -0.140. The van der Waals surface area contributed by atoms with E-state index in [-0.39, 0.29) is 12.3 Å². The fourth-order valence-corrected chi connectivity index (χ4v) is 2.25. The van der Waals surface area contributed by atoms with Gasteiger partial charge >= 0.3 is 19.6 Å². The summed E-state index contributed by atoms with van der Waals surface area (Å²) >= 11 is 0. The summed E-state index contributed by atoms with van der Waals surface area (Å²) in [5.74, 6) is -2.91. The summed E-state index contributed by atoms with van der Waals surface area (Å²) in [7, 11) is -0.711. The highest BCUT2D eigenvalue weighted by molar-refractivity contribution is 7.55. The van der Waals surface area contributed by atoms with Crippen LogP contribution in [-0.2, 0) is 27.9 Å². The highest BCUT2D eigenvalue weighted by Gasteiger charge is 2.42. The van der Waals surface area contributed by atoms with Gasteiger partial charge in [0.15, 0.2) is 0 Å². The second-order valence-corrected chi connectivity index (χ2v) is 5.69. The molecule has 0 saturated heterocycles. The Morgan fingerprint density at radius 1 is 1.16 bits per heavy atom. The molecular weight excluding hydrogens is 279 g/mol. The SMILES string of the molecule is COC(=O)C(NC(=O)NCC(C)=O)P(=O)(OC)OC. The second-order valence-electron chi connectivity index (χ2n) is 3.36. The number of ether oxygens (including phenoxy) is 1. The number of amides is 2. The van der Waals surface area contributed by atoms with Crippen LogP contribution in [0.25, 0.3) is 0 Å². The monoisotopic (exact) mass is 296 g/mol. The van der Waals surface area contributed by atoms with Gasteiger partial charge in [0.1, 0.15) is 5.78 Å². The van der Waals surface area contributed by atoms with Crippen LogP contribution in [0.1, 0.15) is 6.92 Å². The van der Waals surface area contributed by atoms with E-state index in [0.29, 0.717) is 0 Å². The molecule has 2 amide bonds. The van der Waals surface area contributed by atoms with Crippen LogP contribution in [0.15, 0.2) is 0 Å². The quantitative estimate of drug-likeness (QED) is 0.495. The number of methoxy groups -OCH3 is 1. The van der Waals surface area contributed by atoms with Crippen LogP contribution < -0.4 is 10.6 Å². The number of hydrogen-bond donors (Lipinski definition) is 2. The maximum atomic E-state index is 12.1. The molecular formula is C9H17N2O7P. The van der Waals surface area contributed by atoms with Crippen molar-refractivity contribution in [3.63, 3.8) is 0 Å². The summed E-state index contributed by atoms with van der Waals surface area (Å²) in [6, 6.07) is -0.875. The standard InChI is InChI=1S/C9H17N2O7P/c1-6(12)5-10-9(14)11-7(8(13)16-2)19(15,17-3)18-4/h7H,5H2,1-4H3,(H2,10,11,14). The molecule has 0 aliphatic carbocycles. The summed E-state index contributed by atoms with van der Waals surface area (Å²) in [6.45, 7) is 1.04. The van der Waals surface area contributed by atoms with Crippen molar-refractivity contribution in [3.05, 3.63) is 0 Å². The third-order valence-electron chi connectivity index (χ3n) is 2.02. The molecule has 0 rings (SSSR count). The van der Waals surface area contributed by atoms with Crippen LogP contribution in [0.5, 0.6) is 0 Å². The number of Topliss-reactive ketones (excluding diaryl/α,β-unsaturated/α-hetero) is 1. The van der Waals surface area contributed by atoms with E-state index in [9.17, 15) is 18.9 Å². The first-order valence-electron chi connectivity index (χ1n) is 5.13. The van der Waals surface area contributed by atoms with E-state index < -0.39 is 25.4 Å². The zero-order chi connectivity index (χ0) is 15.1. The molecule has 1 unspecified atom stereocenters. The molecule has 0 aromatic heterocycles. The molecule has 1 atom stereocenters. The van der Waals surface area contributed by atoms with Gasteiger partial charge in [-0.25, -0.2) is 9.59 Å². The number of hydrogen-bond acceptors (Lipinski definition) is 7. The topological polar surface area (TPSA) is 120 Å². The Bertz CT molecular complexity index is 390. The number of carbonyl (C=O) groups excluding carboxylic acids is 3. The maximum absolute atomic E-state index is 12.1. The average molecular weight is 296 g/mol. The van der Waals surface area contributed by atoms with E-state index >= 15 is 0 Å². The Balaban J connectivity index is 4.89. The third-order valence-corrected chi connectivity index (χ3v) is 4.01. The molecule has 0 fully saturated rings. The van der Waals surface area contributed by atoms with Crippen LogP contribution in [-0.4, -0.2) is 51.4 Å². The fraction of sp³-hybridized carbons (Fsp3) is 0.667. The van der Waals surface area contributed by atoms with E-state index in [2.05, 4.69) is 24.4 Å². The van der Waals surface area contributed by atoms with Crippen molar-refractivity contribution in [1.29, 1.82) is 0 Å². The van der Waals surface area contributed by atoms with Gasteiger partial charge in [0.05, 0.1) is 13.7 Å². The first-order chi connectivity index (χ1) is 8.80. The average Bonchev–Trinajstić information content (AvgIpc) is 2.40. The zero-order valence-electron chi connectivity index (χ0n) is 11.1. The Labute approximate surface area is 110 Å². The molecule has 0 saturated carbocycles. The molecule has 0 aliphatic rings. The van der Waals surface area contributed by atoms with Gasteiger partial charge in [0.2, 0.25) is 5.78 Å².